The zero-order chi connectivity index (χ0) is 15.2. The zero-order valence-electron chi connectivity index (χ0n) is 12.2. The van der Waals surface area contributed by atoms with E-state index in [0.717, 1.165) is 19.4 Å². The fourth-order valence-electron chi connectivity index (χ4n) is 2.59. The van der Waals surface area contributed by atoms with Crippen LogP contribution in [0, 0.1) is 17.0 Å². The largest absolute Gasteiger partial charge is 0.326 e. The Morgan fingerprint density at radius 1 is 1.48 bits per heavy atom. The van der Waals surface area contributed by atoms with Crippen LogP contribution in [0.2, 0.25) is 0 Å². The quantitative estimate of drug-likeness (QED) is 0.645. The Bertz CT molecular complexity index is 525. The predicted octanol–water partition coefficient (Wildman–Crippen LogP) is 2.76. The van der Waals surface area contributed by atoms with Crippen LogP contribution in [0.15, 0.2) is 18.2 Å². The topological polar surface area (TPSA) is 84.3 Å². The molecule has 6 heteroatoms. The van der Waals surface area contributed by atoms with Crippen LogP contribution in [0.4, 0.5) is 11.4 Å². The van der Waals surface area contributed by atoms with E-state index in [1.165, 1.54) is 25.0 Å². The van der Waals surface area contributed by atoms with Crippen LogP contribution in [0.25, 0.3) is 0 Å². The third-order valence-corrected chi connectivity index (χ3v) is 3.83. The van der Waals surface area contributed by atoms with Crippen LogP contribution in [0.1, 0.15) is 37.7 Å². The lowest BCUT2D eigenvalue weighted by Gasteiger charge is -2.23. The number of hydrogen-bond acceptors (Lipinski definition) is 4. The molecule has 0 saturated carbocycles. The Morgan fingerprint density at radius 3 is 2.90 bits per heavy atom. The van der Waals surface area contributed by atoms with Crippen LogP contribution < -0.4 is 10.6 Å². The number of piperidine rings is 1. The molecule has 1 unspecified atom stereocenters. The molecule has 114 valence electrons. The van der Waals surface area contributed by atoms with Crippen LogP contribution in [-0.4, -0.2) is 23.4 Å². The van der Waals surface area contributed by atoms with E-state index in [-0.39, 0.29) is 11.6 Å². The lowest BCUT2D eigenvalue weighted by atomic mass is 10.0. The van der Waals surface area contributed by atoms with Crippen molar-refractivity contribution >= 4 is 17.3 Å². The molecule has 1 aromatic rings. The Hall–Kier alpha value is -1.95. The van der Waals surface area contributed by atoms with Gasteiger partial charge in [0.15, 0.2) is 0 Å². The van der Waals surface area contributed by atoms with Crippen molar-refractivity contribution in [1.29, 1.82) is 0 Å². The minimum Gasteiger partial charge on any atom is -0.326 e. The SMILES string of the molecule is Cc1cc([N+](=O)[O-])ccc1NC(=O)CCC1CCCCN1. The molecule has 0 bridgehead atoms. The third kappa shape index (κ3) is 4.53. The number of carbonyl (C=O) groups excluding carboxylic acids is 1. The second-order valence-electron chi connectivity index (χ2n) is 5.49. The van der Waals surface area contributed by atoms with Crippen molar-refractivity contribution in [3.05, 3.63) is 33.9 Å². The van der Waals surface area contributed by atoms with Crippen molar-refractivity contribution in [3.63, 3.8) is 0 Å². The normalized spacial score (nSPS) is 18.2. The van der Waals surface area contributed by atoms with Crippen molar-refractivity contribution in [3.8, 4) is 0 Å². The fourth-order valence-corrected chi connectivity index (χ4v) is 2.59. The number of non-ortho nitro benzene ring substituents is 1. The van der Waals surface area contributed by atoms with Gasteiger partial charge in [-0.2, -0.15) is 0 Å². The van der Waals surface area contributed by atoms with E-state index in [9.17, 15) is 14.9 Å². The maximum absolute atomic E-state index is 12.0. The average molecular weight is 291 g/mol. The first kappa shape index (κ1) is 15.4. The van der Waals surface area contributed by atoms with Gasteiger partial charge in [0.1, 0.15) is 0 Å². The van der Waals surface area contributed by atoms with Gasteiger partial charge >= 0.3 is 0 Å². The van der Waals surface area contributed by atoms with Gasteiger partial charge in [0, 0.05) is 30.3 Å². The Labute approximate surface area is 124 Å². The predicted molar refractivity (Wildman–Crippen MR) is 81.3 cm³/mol. The van der Waals surface area contributed by atoms with Crippen LogP contribution in [0.5, 0.6) is 0 Å². The molecule has 0 aromatic heterocycles. The molecule has 0 radical (unpaired) electrons. The summed E-state index contributed by atoms with van der Waals surface area (Å²) >= 11 is 0. The number of rotatable bonds is 5. The first-order valence-corrected chi connectivity index (χ1v) is 7.34. The Kier molecular flexibility index (Phi) is 5.27. The number of nitrogens with zero attached hydrogens (tertiary/aromatic N) is 1. The lowest BCUT2D eigenvalue weighted by Crippen LogP contribution is -2.34. The summed E-state index contributed by atoms with van der Waals surface area (Å²) in [5.74, 6) is -0.0423. The molecule has 21 heavy (non-hydrogen) atoms. The highest BCUT2D eigenvalue weighted by molar-refractivity contribution is 5.91. The van der Waals surface area contributed by atoms with Crippen LogP contribution in [-0.2, 0) is 4.79 Å². The van der Waals surface area contributed by atoms with E-state index >= 15 is 0 Å². The summed E-state index contributed by atoms with van der Waals surface area (Å²) in [4.78, 5) is 22.2. The molecule has 6 nitrogen and oxygen atoms in total. The monoisotopic (exact) mass is 291 g/mol. The zero-order valence-corrected chi connectivity index (χ0v) is 12.2. The summed E-state index contributed by atoms with van der Waals surface area (Å²) in [6.07, 6.45) is 4.86. The number of amides is 1. The van der Waals surface area contributed by atoms with Gasteiger partial charge in [-0.05, 0) is 44.4 Å². The highest BCUT2D eigenvalue weighted by Crippen LogP contribution is 2.21. The summed E-state index contributed by atoms with van der Waals surface area (Å²) in [6, 6.07) is 4.90. The number of nitro benzene ring substituents is 1. The minimum absolute atomic E-state index is 0.0388. The van der Waals surface area contributed by atoms with Gasteiger partial charge in [-0.25, -0.2) is 0 Å². The number of benzene rings is 1. The van der Waals surface area contributed by atoms with Gasteiger partial charge in [0.05, 0.1) is 4.92 Å². The first-order valence-electron chi connectivity index (χ1n) is 7.34. The van der Waals surface area contributed by atoms with E-state index in [1.54, 1.807) is 13.0 Å². The van der Waals surface area contributed by atoms with Crippen molar-refractivity contribution in [1.82, 2.24) is 5.32 Å². The number of anilines is 1. The average Bonchev–Trinajstić information content (AvgIpc) is 2.48. The highest BCUT2D eigenvalue weighted by Gasteiger charge is 2.15. The van der Waals surface area contributed by atoms with Gasteiger partial charge in [-0.15, -0.1) is 0 Å². The smallest absolute Gasteiger partial charge is 0.269 e. The van der Waals surface area contributed by atoms with Gasteiger partial charge in [0.2, 0.25) is 5.91 Å². The molecule has 1 aliphatic rings. The number of hydrogen-bond donors (Lipinski definition) is 2. The second-order valence-corrected chi connectivity index (χ2v) is 5.49. The molecule has 1 saturated heterocycles. The van der Waals surface area contributed by atoms with Crippen LogP contribution >= 0.6 is 0 Å². The Balaban J connectivity index is 1.85. The lowest BCUT2D eigenvalue weighted by molar-refractivity contribution is -0.384. The molecule has 0 aliphatic carbocycles. The maximum atomic E-state index is 12.0. The van der Waals surface area contributed by atoms with Crippen molar-refractivity contribution in [2.75, 3.05) is 11.9 Å². The highest BCUT2D eigenvalue weighted by atomic mass is 16.6. The van der Waals surface area contributed by atoms with Crippen molar-refractivity contribution in [2.45, 2.75) is 45.1 Å². The van der Waals surface area contributed by atoms with Crippen molar-refractivity contribution in [2.24, 2.45) is 0 Å². The minimum atomic E-state index is -0.437. The van der Waals surface area contributed by atoms with Gasteiger partial charge in [0.25, 0.3) is 5.69 Å². The fraction of sp³-hybridized carbons (Fsp3) is 0.533. The maximum Gasteiger partial charge on any atom is 0.269 e. The molecule has 1 heterocycles. The standard InChI is InChI=1S/C15H21N3O3/c1-11-10-13(18(20)21)6-7-14(11)17-15(19)8-5-12-4-2-3-9-16-12/h6-7,10,12,16H,2-5,8-9H2,1H3,(H,17,19). The number of carbonyl (C=O) groups is 1. The summed E-state index contributed by atoms with van der Waals surface area (Å²) in [5, 5.41) is 16.9. The summed E-state index contributed by atoms with van der Waals surface area (Å²) in [7, 11) is 0. The summed E-state index contributed by atoms with van der Waals surface area (Å²) in [6.45, 7) is 2.79. The molecule has 1 aromatic carbocycles. The number of nitrogens with one attached hydrogen (secondary N) is 2. The van der Waals surface area contributed by atoms with E-state index in [4.69, 9.17) is 0 Å². The van der Waals surface area contributed by atoms with E-state index in [1.807, 2.05) is 0 Å². The molecular formula is C15H21N3O3. The molecule has 1 amide bonds. The molecule has 1 atom stereocenters. The van der Waals surface area contributed by atoms with Crippen molar-refractivity contribution < 1.29 is 9.72 Å². The molecule has 2 N–H and O–H groups in total. The summed E-state index contributed by atoms with van der Waals surface area (Å²) < 4.78 is 0. The number of aryl methyl sites for hydroxylation is 1. The van der Waals surface area contributed by atoms with Gasteiger partial charge < -0.3 is 10.6 Å². The molecule has 1 fully saturated rings. The van der Waals surface area contributed by atoms with Crippen LogP contribution in [0.3, 0.4) is 0 Å². The molecule has 0 spiro atoms. The molecular weight excluding hydrogens is 270 g/mol. The Morgan fingerprint density at radius 2 is 2.29 bits per heavy atom. The molecule has 1 aliphatic heterocycles. The van der Waals surface area contributed by atoms with E-state index in [2.05, 4.69) is 10.6 Å². The first-order chi connectivity index (χ1) is 10.1. The second kappa shape index (κ2) is 7.17. The summed E-state index contributed by atoms with van der Waals surface area (Å²) in [5.41, 5.74) is 1.38. The third-order valence-electron chi connectivity index (χ3n) is 3.83. The van der Waals surface area contributed by atoms with E-state index < -0.39 is 4.92 Å². The van der Waals surface area contributed by atoms with Gasteiger partial charge in [-0.1, -0.05) is 6.42 Å². The van der Waals surface area contributed by atoms with Gasteiger partial charge in [-0.3, -0.25) is 14.9 Å². The van der Waals surface area contributed by atoms with E-state index in [0.29, 0.717) is 23.7 Å². The molecule has 2 rings (SSSR count). The number of nitro groups is 1.